The summed E-state index contributed by atoms with van der Waals surface area (Å²) in [6.45, 7) is 2.97. The van der Waals surface area contributed by atoms with E-state index >= 15 is 0 Å². The number of nitrogens with zero attached hydrogens (tertiary/aromatic N) is 3. The molecule has 84 valence electrons. The molecule has 0 bridgehead atoms. The van der Waals surface area contributed by atoms with E-state index < -0.39 is 0 Å². The summed E-state index contributed by atoms with van der Waals surface area (Å²) in [5.41, 5.74) is 2.32. The molecule has 0 aliphatic heterocycles. The van der Waals surface area contributed by atoms with Crippen molar-refractivity contribution in [3.8, 4) is 0 Å². The molecule has 0 spiro atoms. The highest BCUT2D eigenvalue weighted by Crippen LogP contribution is 2.19. The molecule has 4 nitrogen and oxygen atoms in total. The molecular formula is C12H16N4. The molecule has 1 unspecified atom stereocenters. The number of aromatic nitrogens is 3. The first-order valence-corrected chi connectivity index (χ1v) is 5.44. The SMILES string of the molecule is CCn1cc(C(NC)c2cccnc2)cn1. The molecule has 2 heterocycles. The van der Waals surface area contributed by atoms with Gasteiger partial charge in [-0.2, -0.15) is 5.10 Å². The number of hydrogen-bond donors (Lipinski definition) is 1. The highest BCUT2D eigenvalue weighted by atomic mass is 15.3. The van der Waals surface area contributed by atoms with Gasteiger partial charge < -0.3 is 5.32 Å². The van der Waals surface area contributed by atoms with E-state index in [-0.39, 0.29) is 6.04 Å². The maximum absolute atomic E-state index is 4.29. The number of hydrogen-bond acceptors (Lipinski definition) is 3. The Morgan fingerprint density at radius 1 is 1.38 bits per heavy atom. The molecule has 0 radical (unpaired) electrons. The molecule has 1 atom stereocenters. The van der Waals surface area contributed by atoms with Gasteiger partial charge in [-0.25, -0.2) is 0 Å². The number of nitrogens with one attached hydrogen (secondary N) is 1. The van der Waals surface area contributed by atoms with Gasteiger partial charge in [-0.3, -0.25) is 9.67 Å². The summed E-state index contributed by atoms with van der Waals surface area (Å²) in [6.07, 6.45) is 7.63. The second-order valence-corrected chi connectivity index (χ2v) is 3.64. The van der Waals surface area contributed by atoms with E-state index in [9.17, 15) is 0 Å². The molecule has 0 saturated heterocycles. The molecule has 0 fully saturated rings. The summed E-state index contributed by atoms with van der Waals surface area (Å²) in [5, 5.41) is 7.56. The van der Waals surface area contributed by atoms with Crippen LogP contribution in [0.3, 0.4) is 0 Å². The fourth-order valence-electron chi connectivity index (χ4n) is 1.77. The highest BCUT2D eigenvalue weighted by Gasteiger charge is 2.13. The topological polar surface area (TPSA) is 42.7 Å². The van der Waals surface area contributed by atoms with Gasteiger partial charge in [0.25, 0.3) is 0 Å². The van der Waals surface area contributed by atoms with E-state index in [0.29, 0.717) is 0 Å². The number of rotatable bonds is 4. The van der Waals surface area contributed by atoms with E-state index in [4.69, 9.17) is 0 Å². The van der Waals surface area contributed by atoms with E-state index in [1.165, 1.54) is 0 Å². The van der Waals surface area contributed by atoms with Crippen LogP contribution in [0, 0.1) is 0 Å². The Balaban J connectivity index is 2.29. The van der Waals surface area contributed by atoms with E-state index in [1.54, 1.807) is 6.20 Å². The lowest BCUT2D eigenvalue weighted by molar-refractivity contribution is 0.653. The molecule has 2 aromatic heterocycles. The maximum atomic E-state index is 4.29. The minimum Gasteiger partial charge on any atom is -0.309 e. The fraction of sp³-hybridized carbons (Fsp3) is 0.333. The van der Waals surface area contributed by atoms with Crippen molar-refractivity contribution in [2.75, 3.05) is 7.05 Å². The summed E-state index contributed by atoms with van der Waals surface area (Å²) in [4.78, 5) is 4.14. The third kappa shape index (κ3) is 2.12. The van der Waals surface area contributed by atoms with Crippen molar-refractivity contribution < 1.29 is 0 Å². The quantitative estimate of drug-likeness (QED) is 0.844. The van der Waals surface area contributed by atoms with Crippen molar-refractivity contribution in [2.24, 2.45) is 0 Å². The predicted octanol–water partition coefficient (Wildman–Crippen LogP) is 1.61. The molecule has 1 N–H and O–H groups in total. The molecule has 16 heavy (non-hydrogen) atoms. The van der Waals surface area contributed by atoms with Crippen LogP contribution in [-0.4, -0.2) is 21.8 Å². The Labute approximate surface area is 95.3 Å². The molecule has 4 heteroatoms. The van der Waals surface area contributed by atoms with Crippen LogP contribution in [0.2, 0.25) is 0 Å². The van der Waals surface area contributed by atoms with Gasteiger partial charge in [0.2, 0.25) is 0 Å². The largest absolute Gasteiger partial charge is 0.309 e. The lowest BCUT2D eigenvalue weighted by atomic mass is 10.0. The monoisotopic (exact) mass is 216 g/mol. The van der Waals surface area contributed by atoms with Gasteiger partial charge in [0.15, 0.2) is 0 Å². The first-order valence-electron chi connectivity index (χ1n) is 5.44. The summed E-state index contributed by atoms with van der Waals surface area (Å²) in [6, 6.07) is 4.18. The van der Waals surface area contributed by atoms with Gasteiger partial charge in [-0.05, 0) is 25.6 Å². The Hall–Kier alpha value is -1.68. The molecular weight excluding hydrogens is 200 g/mol. The summed E-state index contributed by atoms with van der Waals surface area (Å²) in [5.74, 6) is 0. The zero-order chi connectivity index (χ0) is 11.4. The van der Waals surface area contributed by atoms with Crippen LogP contribution in [0.4, 0.5) is 0 Å². The summed E-state index contributed by atoms with van der Waals surface area (Å²) in [7, 11) is 1.95. The third-order valence-electron chi connectivity index (χ3n) is 2.62. The van der Waals surface area contributed by atoms with Crippen LogP contribution < -0.4 is 5.32 Å². The highest BCUT2D eigenvalue weighted by molar-refractivity contribution is 5.26. The molecule has 2 rings (SSSR count). The van der Waals surface area contributed by atoms with Gasteiger partial charge in [0, 0.05) is 30.7 Å². The number of pyridine rings is 1. The van der Waals surface area contributed by atoms with Crippen molar-refractivity contribution in [3.63, 3.8) is 0 Å². The number of aryl methyl sites for hydroxylation is 1. The average Bonchev–Trinajstić information content (AvgIpc) is 2.80. The van der Waals surface area contributed by atoms with Crippen LogP contribution in [0.25, 0.3) is 0 Å². The standard InChI is InChI=1S/C12H16N4/c1-3-16-9-11(8-15-16)12(13-2)10-5-4-6-14-7-10/h4-9,12-13H,3H2,1-2H3. The average molecular weight is 216 g/mol. The minimum atomic E-state index is 0.161. The molecule has 0 aliphatic rings. The van der Waals surface area contributed by atoms with Gasteiger partial charge in [-0.15, -0.1) is 0 Å². The Morgan fingerprint density at radius 3 is 2.81 bits per heavy atom. The molecule has 0 aromatic carbocycles. The van der Waals surface area contributed by atoms with Crippen molar-refractivity contribution in [1.29, 1.82) is 0 Å². The normalized spacial score (nSPS) is 12.6. The Morgan fingerprint density at radius 2 is 2.25 bits per heavy atom. The predicted molar refractivity (Wildman–Crippen MR) is 63.0 cm³/mol. The molecule has 0 amide bonds. The van der Waals surface area contributed by atoms with Crippen molar-refractivity contribution in [3.05, 3.63) is 48.0 Å². The van der Waals surface area contributed by atoms with Crippen LogP contribution in [0.15, 0.2) is 36.9 Å². The van der Waals surface area contributed by atoms with Crippen molar-refractivity contribution in [1.82, 2.24) is 20.1 Å². The van der Waals surface area contributed by atoms with E-state index in [1.807, 2.05) is 30.2 Å². The third-order valence-corrected chi connectivity index (χ3v) is 2.62. The summed E-state index contributed by atoms with van der Waals surface area (Å²) < 4.78 is 1.93. The lowest BCUT2D eigenvalue weighted by Crippen LogP contribution is -2.17. The van der Waals surface area contributed by atoms with Crippen LogP contribution in [-0.2, 0) is 6.54 Å². The van der Waals surface area contributed by atoms with Gasteiger partial charge in [0.05, 0.1) is 12.2 Å². The first-order chi connectivity index (χ1) is 7.85. The maximum Gasteiger partial charge on any atom is 0.0620 e. The molecule has 2 aromatic rings. The Kier molecular flexibility index (Phi) is 3.31. The van der Waals surface area contributed by atoms with Crippen molar-refractivity contribution in [2.45, 2.75) is 19.5 Å². The lowest BCUT2D eigenvalue weighted by Gasteiger charge is -2.13. The zero-order valence-electron chi connectivity index (χ0n) is 9.59. The zero-order valence-corrected chi connectivity index (χ0v) is 9.59. The van der Waals surface area contributed by atoms with Gasteiger partial charge in [0.1, 0.15) is 0 Å². The van der Waals surface area contributed by atoms with Crippen molar-refractivity contribution >= 4 is 0 Å². The second kappa shape index (κ2) is 4.90. The van der Waals surface area contributed by atoms with Gasteiger partial charge in [-0.1, -0.05) is 6.07 Å². The Bertz CT molecular complexity index is 435. The fourth-order valence-corrected chi connectivity index (χ4v) is 1.77. The van der Waals surface area contributed by atoms with Gasteiger partial charge >= 0.3 is 0 Å². The van der Waals surface area contributed by atoms with E-state index in [2.05, 4.69) is 34.6 Å². The van der Waals surface area contributed by atoms with Crippen LogP contribution in [0.5, 0.6) is 0 Å². The van der Waals surface area contributed by atoms with Crippen LogP contribution >= 0.6 is 0 Å². The smallest absolute Gasteiger partial charge is 0.0620 e. The second-order valence-electron chi connectivity index (χ2n) is 3.64. The molecule has 0 aliphatic carbocycles. The summed E-state index contributed by atoms with van der Waals surface area (Å²) >= 11 is 0. The minimum absolute atomic E-state index is 0.161. The van der Waals surface area contributed by atoms with E-state index in [0.717, 1.165) is 17.7 Å². The van der Waals surface area contributed by atoms with Crippen LogP contribution in [0.1, 0.15) is 24.1 Å². The first kappa shape index (κ1) is 10.8. The molecule has 0 saturated carbocycles.